The molecule has 0 bridgehead atoms. The Balaban J connectivity index is 1.83. The molecule has 3 aromatic rings. The number of para-hydroxylation sites is 1. The van der Waals surface area contributed by atoms with Gasteiger partial charge in [-0.05, 0) is 18.2 Å². The van der Waals surface area contributed by atoms with Crippen molar-refractivity contribution in [2.45, 2.75) is 10.9 Å². The van der Waals surface area contributed by atoms with Gasteiger partial charge in [0.25, 0.3) is 5.69 Å². The van der Waals surface area contributed by atoms with Crippen molar-refractivity contribution in [3.63, 3.8) is 0 Å². The van der Waals surface area contributed by atoms with Crippen molar-refractivity contribution >= 4 is 29.1 Å². The van der Waals surface area contributed by atoms with Gasteiger partial charge in [-0.15, -0.1) is 10.2 Å². The third kappa shape index (κ3) is 3.52. The Morgan fingerprint density at radius 2 is 2.04 bits per heavy atom. The molecule has 0 aliphatic rings. The van der Waals surface area contributed by atoms with Gasteiger partial charge in [-0.2, -0.15) is 0 Å². The van der Waals surface area contributed by atoms with Gasteiger partial charge in [0.1, 0.15) is 6.33 Å². The van der Waals surface area contributed by atoms with Crippen LogP contribution in [-0.2, 0) is 5.75 Å². The first-order valence-corrected chi connectivity index (χ1v) is 8.02. The average Bonchev–Trinajstić information content (AvgIpc) is 3.01. The van der Waals surface area contributed by atoms with E-state index in [1.165, 1.54) is 17.8 Å². The summed E-state index contributed by atoms with van der Waals surface area (Å²) in [6, 6.07) is 14.0. The summed E-state index contributed by atoms with van der Waals surface area (Å²) in [6.07, 6.45) is 1.59. The second kappa shape index (κ2) is 6.80. The summed E-state index contributed by atoms with van der Waals surface area (Å²) in [5.74, 6) is 0.427. The van der Waals surface area contributed by atoms with Gasteiger partial charge in [0.2, 0.25) is 0 Å². The molecule has 0 unspecified atom stereocenters. The highest BCUT2D eigenvalue weighted by Crippen LogP contribution is 2.28. The van der Waals surface area contributed by atoms with Crippen molar-refractivity contribution in [3.8, 4) is 5.69 Å². The van der Waals surface area contributed by atoms with E-state index in [0.29, 0.717) is 21.5 Å². The number of rotatable bonds is 5. The van der Waals surface area contributed by atoms with Crippen LogP contribution in [0.4, 0.5) is 5.69 Å². The number of hydrogen-bond acceptors (Lipinski definition) is 5. The lowest BCUT2D eigenvalue weighted by Crippen LogP contribution is -1.97. The van der Waals surface area contributed by atoms with E-state index in [4.69, 9.17) is 11.6 Å². The maximum absolute atomic E-state index is 11.1. The fraction of sp³-hybridized carbons (Fsp3) is 0.0667. The van der Waals surface area contributed by atoms with Gasteiger partial charge in [0.15, 0.2) is 5.16 Å². The van der Waals surface area contributed by atoms with Crippen molar-refractivity contribution in [1.29, 1.82) is 0 Å². The van der Waals surface area contributed by atoms with E-state index in [-0.39, 0.29) is 10.6 Å². The summed E-state index contributed by atoms with van der Waals surface area (Å²) in [5, 5.41) is 20.3. The molecule has 1 heterocycles. The SMILES string of the molecule is O=[N+]([O-])c1ccccc1CSc1nncn1-c1cccc(Cl)c1. The molecule has 3 rings (SSSR count). The molecule has 23 heavy (non-hydrogen) atoms. The van der Waals surface area contributed by atoms with E-state index in [9.17, 15) is 10.1 Å². The topological polar surface area (TPSA) is 73.8 Å². The number of benzene rings is 2. The van der Waals surface area contributed by atoms with Gasteiger partial charge in [0.05, 0.1) is 10.6 Å². The Labute approximate surface area is 141 Å². The van der Waals surface area contributed by atoms with Crippen molar-refractivity contribution in [2.24, 2.45) is 0 Å². The third-order valence-electron chi connectivity index (χ3n) is 3.15. The standard InChI is InChI=1S/C15H11ClN4O2S/c16-12-5-3-6-13(8-12)19-10-17-18-15(19)23-9-11-4-1-2-7-14(11)20(21)22/h1-8,10H,9H2. The van der Waals surface area contributed by atoms with Crippen molar-refractivity contribution in [2.75, 3.05) is 0 Å². The second-order valence-electron chi connectivity index (χ2n) is 4.64. The Bertz CT molecular complexity index is 853. The lowest BCUT2D eigenvalue weighted by Gasteiger charge is -2.07. The molecule has 0 aliphatic heterocycles. The number of nitrogens with zero attached hydrogens (tertiary/aromatic N) is 4. The molecular formula is C15H11ClN4O2S. The third-order valence-corrected chi connectivity index (χ3v) is 4.37. The normalized spacial score (nSPS) is 10.7. The monoisotopic (exact) mass is 346 g/mol. The zero-order valence-corrected chi connectivity index (χ0v) is 13.4. The van der Waals surface area contributed by atoms with E-state index in [0.717, 1.165) is 5.69 Å². The van der Waals surface area contributed by atoms with Crippen molar-refractivity contribution in [3.05, 3.63) is 75.6 Å². The molecule has 8 heteroatoms. The first-order valence-electron chi connectivity index (χ1n) is 6.66. The Kier molecular flexibility index (Phi) is 4.59. The van der Waals surface area contributed by atoms with Crippen LogP contribution in [-0.4, -0.2) is 19.7 Å². The first-order chi connectivity index (χ1) is 11.1. The van der Waals surface area contributed by atoms with Crippen LogP contribution in [0.5, 0.6) is 0 Å². The van der Waals surface area contributed by atoms with Gasteiger partial charge < -0.3 is 0 Å². The number of nitro benzene ring substituents is 1. The van der Waals surface area contributed by atoms with E-state index >= 15 is 0 Å². The van der Waals surface area contributed by atoms with Gasteiger partial charge >= 0.3 is 0 Å². The molecule has 2 aromatic carbocycles. The molecule has 0 fully saturated rings. The number of nitro groups is 1. The Hall–Kier alpha value is -2.38. The Morgan fingerprint density at radius 1 is 1.22 bits per heavy atom. The van der Waals surface area contributed by atoms with E-state index in [1.807, 2.05) is 12.1 Å². The highest BCUT2D eigenvalue weighted by Gasteiger charge is 2.14. The predicted molar refractivity (Wildman–Crippen MR) is 89.0 cm³/mol. The van der Waals surface area contributed by atoms with E-state index < -0.39 is 0 Å². The number of thioether (sulfide) groups is 1. The molecule has 0 atom stereocenters. The summed E-state index contributed by atoms with van der Waals surface area (Å²) < 4.78 is 1.80. The average molecular weight is 347 g/mol. The first kappa shape index (κ1) is 15.5. The molecule has 0 N–H and O–H groups in total. The van der Waals surface area contributed by atoms with Crippen molar-refractivity contribution in [1.82, 2.24) is 14.8 Å². The van der Waals surface area contributed by atoms with Gasteiger partial charge in [-0.3, -0.25) is 14.7 Å². The minimum Gasteiger partial charge on any atom is -0.277 e. The molecular weight excluding hydrogens is 336 g/mol. The van der Waals surface area contributed by atoms with Gasteiger partial charge in [-0.25, -0.2) is 0 Å². The largest absolute Gasteiger partial charge is 0.277 e. The molecule has 0 saturated heterocycles. The van der Waals surface area contributed by atoms with Crippen LogP contribution in [0, 0.1) is 10.1 Å². The molecule has 0 aliphatic carbocycles. The molecule has 0 saturated carbocycles. The van der Waals surface area contributed by atoms with Gasteiger partial charge in [-0.1, -0.05) is 47.6 Å². The number of halogens is 1. The lowest BCUT2D eigenvalue weighted by atomic mass is 10.2. The molecule has 116 valence electrons. The smallest absolute Gasteiger partial charge is 0.273 e. The van der Waals surface area contributed by atoms with Crippen molar-refractivity contribution < 1.29 is 4.92 Å². The second-order valence-corrected chi connectivity index (χ2v) is 6.02. The Morgan fingerprint density at radius 3 is 2.83 bits per heavy atom. The van der Waals surface area contributed by atoms with Crippen LogP contribution in [0.2, 0.25) is 5.02 Å². The molecule has 6 nitrogen and oxygen atoms in total. The summed E-state index contributed by atoms with van der Waals surface area (Å²) in [4.78, 5) is 10.7. The minimum absolute atomic E-state index is 0.105. The minimum atomic E-state index is -0.377. The molecule has 0 spiro atoms. The van der Waals surface area contributed by atoms with Crippen LogP contribution in [0.3, 0.4) is 0 Å². The van der Waals surface area contributed by atoms with E-state index in [1.54, 1.807) is 41.2 Å². The number of hydrogen-bond donors (Lipinski definition) is 0. The molecule has 1 aromatic heterocycles. The fourth-order valence-corrected chi connectivity index (χ4v) is 3.19. The van der Waals surface area contributed by atoms with Gasteiger partial charge in [0, 0.05) is 22.4 Å². The summed E-state index contributed by atoms with van der Waals surface area (Å²) >= 11 is 7.39. The maximum atomic E-state index is 11.1. The quantitative estimate of drug-likeness (QED) is 0.394. The maximum Gasteiger partial charge on any atom is 0.273 e. The van der Waals surface area contributed by atoms with Crippen LogP contribution in [0.25, 0.3) is 5.69 Å². The zero-order chi connectivity index (χ0) is 16.2. The summed E-state index contributed by atoms with van der Waals surface area (Å²) in [5.41, 5.74) is 1.59. The van der Waals surface area contributed by atoms with Crippen LogP contribution >= 0.6 is 23.4 Å². The highest BCUT2D eigenvalue weighted by atomic mass is 35.5. The summed E-state index contributed by atoms with van der Waals surface area (Å²) in [6.45, 7) is 0. The molecule has 0 amide bonds. The van der Waals surface area contributed by atoms with Crippen LogP contribution in [0.1, 0.15) is 5.56 Å². The number of aromatic nitrogens is 3. The van der Waals surface area contributed by atoms with E-state index in [2.05, 4.69) is 10.2 Å². The zero-order valence-electron chi connectivity index (χ0n) is 11.8. The van der Waals surface area contributed by atoms with Crippen LogP contribution in [0.15, 0.2) is 60.0 Å². The molecule has 0 radical (unpaired) electrons. The predicted octanol–water partition coefficient (Wildman–Crippen LogP) is 4.12. The van der Waals surface area contributed by atoms with Crippen LogP contribution < -0.4 is 0 Å². The lowest BCUT2D eigenvalue weighted by molar-refractivity contribution is -0.385. The fourth-order valence-electron chi connectivity index (χ4n) is 2.08. The summed E-state index contributed by atoms with van der Waals surface area (Å²) in [7, 11) is 0. The highest BCUT2D eigenvalue weighted by molar-refractivity contribution is 7.98.